The van der Waals surface area contributed by atoms with Crippen molar-refractivity contribution in [1.82, 2.24) is 44.5 Å². The zero-order valence-electron chi connectivity index (χ0n) is 32.8. The van der Waals surface area contributed by atoms with E-state index in [4.69, 9.17) is 48.6 Å². The first-order valence-electron chi connectivity index (χ1n) is 17.4. The van der Waals surface area contributed by atoms with Crippen LogP contribution in [-0.2, 0) is 68.5 Å². The molecule has 11 N–H and O–H groups in total. The zero-order chi connectivity index (χ0) is 45.8. The highest BCUT2D eigenvalue weighted by Gasteiger charge is 2.47. The Hall–Kier alpha value is -3.26. The predicted molar refractivity (Wildman–Crippen MR) is 203 cm³/mol. The number of nitrogens with one attached hydrogen (secondary N) is 2. The number of nitrogens with two attached hydrogens (primary N) is 2. The van der Waals surface area contributed by atoms with Gasteiger partial charge in [0.25, 0.3) is 5.56 Å². The minimum atomic E-state index is -5.71. The van der Waals surface area contributed by atoms with Crippen LogP contribution in [0.2, 0.25) is 0 Å². The lowest BCUT2D eigenvalue weighted by molar-refractivity contribution is -0.149. The number of H-pyrrole nitrogens is 1. The molecule has 1 aliphatic heterocycles. The number of methoxy groups -OCH3 is 2. The molecule has 32 nitrogen and oxygen atoms in total. The number of phosphoric acid groups is 4. The number of imidazole rings is 2. The standard InChI is InChI=1S/C26H43N11O21P4/c1-12(48-3)13(2)55-62(47,50-5)58-61(45,46)57-60(43,44)52-7-6-51-25(36-10-31-15-19(27)29-9-30-20(15)36)23(49-4)35-56-59(41,42)53-8-14-17(38)18(39)24(54-14)37-11-32-16-21(37)33-26(28)34-22(16)40/h9-14,17-18,23-25,35,38-39H,6-8H2,1-5H3,(H,41,42)(H,43,44)(H,45,46)(H2,27,29,30)(H3,28,33,34,40)/t12-,13+,14?,17?,18?,23+,24?,25?,62?/m0/s1. The van der Waals surface area contributed by atoms with Crippen LogP contribution in [0.4, 0.5) is 11.8 Å². The minimum absolute atomic E-state index is 0.0119. The summed E-state index contributed by atoms with van der Waals surface area (Å²) in [5, 5.41) is 21.4. The molecule has 36 heteroatoms. The Morgan fingerprint density at radius 2 is 1.58 bits per heavy atom. The Morgan fingerprint density at radius 1 is 0.871 bits per heavy atom. The molecule has 0 bridgehead atoms. The van der Waals surface area contributed by atoms with Crippen molar-refractivity contribution in [2.24, 2.45) is 0 Å². The number of aromatic amines is 1. The van der Waals surface area contributed by atoms with Gasteiger partial charge < -0.3 is 55.3 Å². The number of hydroxylamine groups is 1. The molecule has 348 valence electrons. The van der Waals surface area contributed by atoms with Crippen LogP contribution in [0.25, 0.3) is 22.3 Å². The fourth-order valence-corrected chi connectivity index (χ4v) is 9.97. The lowest BCUT2D eigenvalue weighted by atomic mass is 10.1. The van der Waals surface area contributed by atoms with Crippen LogP contribution in [-0.4, -0.2) is 142 Å². The molecule has 1 fully saturated rings. The van der Waals surface area contributed by atoms with Crippen molar-refractivity contribution in [2.45, 2.75) is 63.1 Å². The van der Waals surface area contributed by atoms with E-state index in [1.165, 1.54) is 25.5 Å². The maximum absolute atomic E-state index is 13.0. The molecule has 0 radical (unpaired) electrons. The number of fused-ring (bicyclic) bond motifs is 2. The lowest BCUT2D eigenvalue weighted by Gasteiger charge is -2.28. The number of ether oxygens (including phenoxy) is 4. The quantitative estimate of drug-likeness (QED) is 0.0182. The number of aliphatic hydroxyl groups is 2. The van der Waals surface area contributed by atoms with Crippen LogP contribution < -0.4 is 22.5 Å². The van der Waals surface area contributed by atoms with E-state index in [2.05, 4.69) is 48.5 Å². The number of rotatable bonds is 24. The Kier molecular flexibility index (Phi) is 16.3. The maximum atomic E-state index is 13.0. The average molecular weight is 970 g/mol. The topological polar surface area (TPSA) is 442 Å². The first kappa shape index (κ1) is 49.8. The largest absolute Gasteiger partial charge is 0.490 e. The summed E-state index contributed by atoms with van der Waals surface area (Å²) in [6.45, 7) is 0.434. The van der Waals surface area contributed by atoms with Crippen LogP contribution in [0, 0.1) is 0 Å². The van der Waals surface area contributed by atoms with Gasteiger partial charge in [-0.15, -0.1) is 0 Å². The van der Waals surface area contributed by atoms with Gasteiger partial charge in [-0.1, -0.05) is 0 Å². The summed E-state index contributed by atoms with van der Waals surface area (Å²) in [5.41, 5.74) is 12.8. The summed E-state index contributed by atoms with van der Waals surface area (Å²) < 4.78 is 108. The van der Waals surface area contributed by atoms with Gasteiger partial charge in [0, 0.05) is 21.3 Å². The van der Waals surface area contributed by atoms with Gasteiger partial charge in [0.2, 0.25) is 5.95 Å². The van der Waals surface area contributed by atoms with Crippen molar-refractivity contribution < 1.29 is 93.4 Å². The van der Waals surface area contributed by atoms with Gasteiger partial charge in [0.1, 0.15) is 30.2 Å². The summed E-state index contributed by atoms with van der Waals surface area (Å²) in [7, 11) is -18.1. The second-order valence-electron chi connectivity index (χ2n) is 12.6. The zero-order valence-corrected chi connectivity index (χ0v) is 36.4. The van der Waals surface area contributed by atoms with Crippen LogP contribution in [0.3, 0.4) is 0 Å². The molecule has 5 rings (SSSR count). The van der Waals surface area contributed by atoms with Crippen molar-refractivity contribution in [3.05, 3.63) is 29.3 Å². The number of nitrogens with zero attached hydrogens (tertiary/aromatic N) is 7. The number of aliphatic hydroxyl groups excluding tert-OH is 2. The van der Waals surface area contributed by atoms with E-state index < -0.39 is 106 Å². The molecule has 0 saturated carbocycles. The highest BCUT2D eigenvalue weighted by Crippen LogP contribution is 2.69. The lowest BCUT2D eigenvalue weighted by Crippen LogP contribution is -2.40. The van der Waals surface area contributed by atoms with Crippen molar-refractivity contribution in [3.63, 3.8) is 0 Å². The number of phosphoric ester groups is 3. The molecule has 4 aromatic rings. The van der Waals surface area contributed by atoms with Gasteiger partial charge in [-0.05, 0) is 13.8 Å². The van der Waals surface area contributed by atoms with E-state index in [-0.39, 0.29) is 34.1 Å². The van der Waals surface area contributed by atoms with Gasteiger partial charge in [-0.2, -0.15) is 23.7 Å². The highest BCUT2D eigenvalue weighted by atomic mass is 31.3. The number of anilines is 2. The number of aromatic nitrogens is 8. The second kappa shape index (κ2) is 20.3. The monoisotopic (exact) mass is 969 g/mol. The van der Waals surface area contributed by atoms with Gasteiger partial charge >= 0.3 is 31.3 Å². The van der Waals surface area contributed by atoms with Crippen molar-refractivity contribution >= 4 is 65.4 Å². The molecule has 0 aliphatic carbocycles. The van der Waals surface area contributed by atoms with Gasteiger partial charge in [-0.25, -0.2) is 38.2 Å². The van der Waals surface area contributed by atoms with Crippen LogP contribution in [0.1, 0.15) is 26.3 Å². The highest BCUT2D eigenvalue weighted by molar-refractivity contribution is 7.67. The molecule has 0 spiro atoms. The summed E-state index contributed by atoms with van der Waals surface area (Å²) in [6, 6.07) is 0. The molecule has 4 aromatic heterocycles. The van der Waals surface area contributed by atoms with E-state index in [1.807, 2.05) is 0 Å². The average Bonchev–Trinajstić information content (AvgIpc) is 3.89. The Labute approximate surface area is 348 Å². The Balaban J connectivity index is 1.22. The SMILES string of the molecule is CO[C@@H](NOP(=O)(O)OCC1OC(n2cnc3c(=O)[nH]c(N)nc32)C(O)C1O)C(OCCOP(=O)(O)OP(=O)(O)OP(=O)(OC)O[C@H](C)[C@H](C)OC)n1cnc2c(N)ncnc21. The molecular weight excluding hydrogens is 926 g/mol. The predicted octanol–water partition coefficient (Wildman–Crippen LogP) is -0.686. The van der Waals surface area contributed by atoms with Crippen molar-refractivity contribution in [2.75, 3.05) is 52.6 Å². The first-order valence-corrected chi connectivity index (χ1v) is 23.3. The number of hydrogen-bond donors (Lipinski definition) is 9. The van der Waals surface area contributed by atoms with E-state index in [0.717, 1.165) is 37.8 Å². The fraction of sp³-hybridized carbons (Fsp3) is 0.615. The van der Waals surface area contributed by atoms with Crippen molar-refractivity contribution in [3.8, 4) is 0 Å². The summed E-state index contributed by atoms with van der Waals surface area (Å²) in [6.07, 6.45) is -7.85. The van der Waals surface area contributed by atoms with Crippen molar-refractivity contribution in [1.29, 1.82) is 0 Å². The molecule has 0 aromatic carbocycles. The Bertz CT molecular complexity index is 2420. The van der Waals surface area contributed by atoms with Gasteiger partial charge in [-0.3, -0.25) is 37.0 Å². The molecular formula is C26H43N11O21P4. The third-order valence-electron chi connectivity index (χ3n) is 8.51. The van der Waals surface area contributed by atoms with Gasteiger partial charge in [0.15, 0.2) is 41.3 Å². The van der Waals surface area contributed by atoms with Crippen LogP contribution >= 0.6 is 31.3 Å². The molecule has 5 heterocycles. The van der Waals surface area contributed by atoms with E-state index >= 15 is 0 Å². The van der Waals surface area contributed by atoms with E-state index in [1.54, 1.807) is 0 Å². The second-order valence-corrected chi connectivity index (χ2v) is 18.9. The number of hydrogen-bond acceptors (Lipinski definition) is 26. The molecule has 9 unspecified atom stereocenters. The fourth-order valence-electron chi connectivity index (χ4n) is 5.32. The minimum Gasteiger partial charge on any atom is -0.387 e. The van der Waals surface area contributed by atoms with E-state index in [9.17, 15) is 47.9 Å². The first-order chi connectivity index (χ1) is 29.0. The van der Waals surface area contributed by atoms with Crippen LogP contribution in [0.15, 0.2) is 23.8 Å². The normalized spacial score (nSPS) is 24.2. The summed E-state index contributed by atoms with van der Waals surface area (Å²) in [4.78, 5) is 65.2. The summed E-state index contributed by atoms with van der Waals surface area (Å²) >= 11 is 0. The Morgan fingerprint density at radius 3 is 2.26 bits per heavy atom. The maximum Gasteiger partial charge on any atom is 0.490 e. The molecule has 12 atom stereocenters. The van der Waals surface area contributed by atoms with E-state index in [0.29, 0.717) is 0 Å². The van der Waals surface area contributed by atoms with Crippen LogP contribution in [0.5, 0.6) is 0 Å². The number of nitrogen functional groups attached to an aromatic ring is 2. The molecule has 1 saturated heterocycles. The molecule has 1 aliphatic rings. The molecule has 0 amide bonds. The summed E-state index contributed by atoms with van der Waals surface area (Å²) in [5.74, 6) is -0.339. The van der Waals surface area contributed by atoms with Gasteiger partial charge in [0.05, 0.1) is 44.7 Å². The smallest absolute Gasteiger partial charge is 0.387 e. The third kappa shape index (κ3) is 12.1. The molecule has 62 heavy (non-hydrogen) atoms. The third-order valence-corrected chi connectivity index (χ3v) is 14.1.